The first kappa shape index (κ1) is 13.5. The molecule has 0 spiro atoms. The van der Waals surface area contributed by atoms with Gasteiger partial charge < -0.3 is 14.4 Å². The third kappa shape index (κ3) is 5.47. The summed E-state index contributed by atoms with van der Waals surface area (Å²) in [5.41, 5.74) is 0. The number of hydrogen-bond donors (Lipinski definition) is 1. The van der Waals surface area contributed by atoms with Gasteiger partial charge in [-0.05, 0) is 25.7 Å². The zero-order valence-corrected chi connectivity index (χ0v) is 10.3. The number of amidine groups is 1. The first-order valence-electron chi connectivity index (χ1n) is 6.23. The molecule has 94 valence electrons. The minimum absolute atomic E-state index is 0.677. The van der Waals surface area contributed by atoms with Crippen LogP contribution in [-0.4, -0.2) is 50.8 Å². The molecule has 1 heterocycles. The van der Waals surface area contributed by atoms with Gasteiger partial charge >= 0.3 is 0 Å². The monoisotopic (exact) mass is 228 g/mol. The average molecular weight is 228 g/mol. The molecule has 0 bridgehead atoms. The Morgan fingerprint density at radius 3 is 2.81 bits per heavy atom. The van der Waals surface area contributed by atoms with Gasteiger partial charge in [-0.15, -0.1) is 0 Å². The van der Waals surface area contributed by atoms with Crippen molar-refractivity contribution < 1.29 is 9.47 Å². The van der Waals surface area contributed by atoms with Crippen LogP contribution in [0.1, 0.15) is 32.1 Å². The smallest absolute Gasteiger partial charge is 0.0957 e. The molecule has 4 nitrogen and oxygen atoms in total. The summed E-state index contributed by atoms with van der Waals surface area (Å²) in [4.78, 5) is 2.21. The number of rotatable bonds is 8. The van der Waals surface area contributed by atoms with E-state index in [2.05, 4.69) is 4.90 Å². The van der Waals surface area contributed by atoms with Crippen LogP contribution in [-0.2, 0) is 9.47 Å². The second kappa shape index (κ2) is 8.53. The van der Waals surface area contributed by atoms with E-state index in [4.69, 9.17) is 14.9 Å². The predicted octanol–water partition coefficient (Wildman–Crippen LogP) is 1.89. The number of piperidine rings is 1. The van der Waals surface area contributed by atoms with E-state index in [-0.39, 0.29) is 0 Å². The number of hydrogen-bond acceptors (Lipinski definition) is 3. The van der Waals surface area contributed by atoms with Crippen LogP contribution in [0.3, 0.4) is 0 Å². The first-order valence-corrected chi connectivity index (χ1v) is 6.23. The lowest BCUT2D eigenvalue weighted by Gasteiger charge is -2.29. The summed E-state index contributed by atoms with van der Waals surface area (Å²) in [5.74, 6) is 0.826. The van der Waals surface area contributed by atoms with E-state index in [1.54, 1.807) is 7.11 Å². The predicted molar refractivity (Wildman–Crippen MR) is 65.1 cm³/mol. The van der Waals surface area contributed by atoms with Gasteiger partial charge in [-0.25, -0.2) is 0 Å². The van der Waals surface area contributed by atoms with E-state index in [9.17, 15) is 0 Å². The second-order valence-electron chi connectivity index (χ2n) is 4.20. The first-order chi connectivity index (χ1) is 7.84. The Labute approximate surface area is 98.4 Å². The van der Waals surface area contributed by atoms with Crippen molar-refractivity contribution in [2.45, 2.75) is 32.1 Å². The molecule has 1 aliphatic heterocycles. The molecule has 0 saturated carbocycles. The molecule has 0 aliphatic carbocycles. The lowest BCUT2D eigenvalue weighted by molar-refractivity contribution is 0.0682. The summed E-state index contributed by atoms with van der Waals surface area (Å²) in [6.45, 7) is 4.27. The fourth-order valence-electron chi connectivity index (χ4n) is 1.89. The highest BCUT2D eigenvalue weighted by Gasteiger charge is 2.13. The Morgan fingerprint density at radius 2 is 2.06 bits per heavy atom. The van der Waals surface area contributed by atoms with Crippen molar-refractivity contribution in [3.05, 3.63) is 0 Å². The lowest BCUT2D eigenvalue weighted by Crippen LogP contribution is -2.35. The van der Waals surface area contributed by atoms with Crippen molar-refractivity contribution in [2.75, 3.05) is 40.0 Å². The van der Waals surface area contributed by atoms with Crippen LogP contribution in [0, 0.1) is 5.41 Å². The molecule has 0 radical (unpaired) electrons. The molecule has 1 saturated heterocycles. The van der Waals surface area contributed by atoms with Crippen LogP contribution in [0.5, 0.6) is 0 Å². The van der Waals surface area contributed by atoms with Gasteiger partial charge in [0.25, 0.3) is 0 Å². The van der Waals surface area contributed by atoms with E-state index >= 15 is 0 Å². The molecule has 0 unspecified atom stereocenters. The van der Waals surface area contributed by atoms with Gasteiger partial charge in [0.1, 0.15) is 0 Å². The Morgan fingerprint density at radius 1 is 1.19 bits per heavy atom. The molecule has 16 heavy (non-hydrogen) atoms. The molecule has 4 heteroatoms. The summed E-state index contributed by atoms with van der Waals surface area (Å²) < 4.78 is 10.3. The van der Waals surface area contributed by atoms with Crippen molar-refractivity contribution in [3.8, 4) is 0 Å². The fraction of sp³-hybridized carbons (Fsp3) is 0.917. The summed E-state index contributed by atoms with van der Waals surface area (Å²) >= 11 is 0. The largest absolute Gasteiger partial charge is 0.382 e. The number of unbranched alkanes of at least 4 members (excludes halogenated alkanes) is 1. The highest BCUT2D eigenvalue weighted by atomic mass is 16.5. The summed E-state index contributed by atoms with van der Waals surface area (Å²) in [5, 5.41) is 7.80. The lowest BCUT2D eigenvalue weighted by atomic mass is 10.1. The van der Waals surface area contributed by atoms with Crippen molar-refractivity contribution in [1.82, 2.24) is 4.90 Å². The van der Waals surface area contributed by atoms with E-state index in [0.717, 1.165) is 44.8 Å². The number of nitrogens with one attached hydrogen (secondary N) is 1. The maximum Gasteiger partial charge on any atom is 0.0957 e. The normalized spacial score (nSPS) is 16.8. The molecule has 0 aromatic rings. The Bertz CT molecular complexity index is 197. The van der Waals surface area contributed by atoms with Crippen LogP contribution in [0.4, 0.5) is 0 Å². The highest BCUT2D eigenvalue weighted by Crippen LogP contribution is 2.11. The van der Waals surface area contributed by atoms with Crippen LogP contribution >= 0.6 is 0 Å². The van der Waals surface area contributed by atoms with E-state index in [0.29, 0.717) is 13.2 Å². The highest BCUT2D eigenvalue weighted by molar-refractivity contribution is 5.79. The van der Waals surface area contributed by atoms with E-state index < -0.39 is 0 Å². The molecule has 1 fully saturated rings. The van der Waals surface area contributed by atoms with Gasteiger partial charge in [-0.1, -0.05) is 0 Å². The van der Waals surface area contributed by atoms with Crippen LogP contribution in [0.2, 0.25) is 0 Å². The molecular weight excluding hydrogens is 204 g/mol. The van der Waals surface area contributed by atoms with Gasteiger partial charge in [-0.2, -0.15) is 0 Å². The maximum atomic E-state index is 7.80. The number of ether oxygens (including phenoxy) is 2. The minimum Gasteiger partial charge on any atom is -0.382 e. The van der Waals surface area contributed by atoms with E-state index in [1.807, 2.05) is 0 Å². The zero-order valence-electron chi connectivity index (χ0n) is 10.3. The minimum atomic E-state index is 0.677. The molecule has 0 aromatic carbocycles. The molecule has 0 atom stereocenters. The quantitative estimate of drug-likeness (QED) is 0.645. The molecular formula is C12H24N2O2. The summed E-state index contributed by atoms with van der Waals surface area (Å²) in [7, 11) is 1.69. The maximum absolute atomic E-state index is 7.80. The fourth-order valence-corrected chi connectivity index (χ4v) is 1.89. The summed E-state index contributed by atoms with van der Waals surface area (Å²) in [6, 6.07) is 0. The Hall–Kier alpha value is -0.610. The van der Waals surface area contributed by atoms with Gasteiger partial charge in [0.2, 0.25) is 0 Å². The van der Waals surface area contributed by atoms with Gasteiger partial charge in [0.15, 0.2) is 0 Å². The van der Waals surface area contributed by atoms with Crippen LogP contribution in [0.15, 0.2) is 0 Å². The number of nitrogens with zero attached hydrogens (tertiary/aromatic N) is 1. The third-order valence-electron chi connectivity index (χ3n) is 2.87. The third-order valence-corrected chi connectivity index (χ3v) is 2.87. The van der Waals surface area contributed by atoms with Crippen molar-refractivity contribution in [2.24, 2.45) is 0 Å². The average Bonchev–Trinajstić information content (AvgIpc) is 2.30. The number of methoxy groups -OCH3 is 1. The van der Waals surface area contributed by atoms with Crippen LogP contribution in [0.25, 0.3) is 0 Å². The van der Waals surface area contributed by atoms with Gasteiger partial charge in [0.05, 0.1) is 19.0 Å². The molecule has 1 aliphatic rings. The van der Waals surface area contributed by atoms with Crippen molar-refractivity contribution in [1.29, 1.82) is 5.41 Å². The standard InChI is InChI=1S/C12H24N2O2/c1-15-10-11-16-9-5-4-8-14-7-3-2-6-12(14)13/h13H,2-11H2,1H3. The van der Waals surface area contributed by atoms with Gasteiger partial charge in [-0.3, -0.25) is 5.41 Å². The Balaban J connectivity index is 1.92. The second-order valence-corrected chi connectivity index (χ2v) is 4.20. The molecule has 1 N–H and O–H groups in total. The van der Waals surface area contributed by atoms with Gasteiger partial charge in [0, 0.05) is 33.2 Å². The topological polar surface area (TPSA) is 45.6 Å². The van der Waals surface area contributed by atoms with Crippen molar-refractivity contribution >= 4 is 5.84 Å². The zero-order chi connectivity index (χ0) is 11.6. The number of likely N-dealkylation sites (tertiary alicyclic amines) is 1. The molecule has 0 amide bonds. The SMILES string of the molecule is COCCOCCCCN1CCCCC1=N. The van der Waals surface area contributed by atoms with Crippen LogP contribution < -0.4 is 0 Å². The van der Waals surface area contributed by atoms with E-state index in [1.165, 1.54) is 12.8 Å². The molecule has 1 rings (SSSR count). The summed E-state index contributed by atoms with van der Waals surface area (Å²) in [6.07, 6.45) is 5.59. The molecule has 0 aromatic heterocycles. The van der Waals surface area contributed by atoms with Crippen molar-refractivity contribution in [3.63, 3.8) is 0 Å². The Kier molecular flexibility index (Phi) is 7.17.